The number of halogens is 2. The maximum atomic E-state index is 12.0. The van der Waals surface area contributed by atoms with E-state index in [-0.39, 0.29) is 12.5 Å². The first-order valence-corrected chi connectivity index (χ1v) is 7.37. The minimum absolute atomic E-state index is 0.0679. The molecular formula is C13H16F2N4O2S. The van der Waals surface area contributed by atoms with Gasteiger partial charge in [0.15, 0.2) is 0 Å². The fourth-order valence-electron chi connectivity index (χ4n) is 1.71. The molecule has 0 radical (unpaired) electrons. The second-order valence-electron chi connectivity index (χ2n) is 4.76. The van der Waals surface area contributed by atoms with Gasteiger partial charge < -0.3 is 9.64 Å². The van der Waals surface area contributed by atoms with Crippen LogP contribution in [-0.2, 0) is 17.9 Å². The van der Waals surface area contributed by atoms with Crippen molar-refractivity contribution in [1.82, 2.24) is 19.7 Å². The molecule has 2 aromatic heterocycles. The first kappa shape index (κ1) is 16.5. The van der Waals surface area contributed by atoms with Crippen LogP contribution in [0, 0.1) is 0 Å². The predicted molar refractivity (Wildman–Crippen MR) is 77.1 cm³/mol. The Kier molecular flexibility index (Phi) is 5.56. The van der Waals surface area contributed by atoms with Crippen LogP contribution in [0.15, 0.2) is 17.8 Å². The normalized spacial score (nSPS) is 11.1. The molecule has 22 heavy (non-hydrogen) atoms. The summed E-state index contributed by atoms with van der Waals surface area (Å²) in [5.74, 6) is -0.120. The van der Waals surface area contributed by atoms with Crippen LogP contribution < -0.4 is 0 Å². The van der Waals surface area contributed by atoms with E-state index in [1.54, 1.807) is 25.0 Å². The fraction of sp³-hybridized carbons (Fsp3) is 0.462. The van der Waals surface area contributed by atoms with Crippen LogP contribution in [0.5, 0.6) is 0 Å². The summed E-state index contributed by atoms with van der Waals surface area (Å²) >= 11 is 1.34. The third kappa shape index (κ3) is 4.57. The lowest BCUT2D eigenvalue weighted by Gasteiger charge is -2.06. The molecule has 0 spiro atoms. The zero-order valence-electron chi connectivity index (χ0n) is 12.2. The summed E-state index contributed by atoms with van der Waals surface area (Å²) in [7, 11) is 3.34. The SMILES string of the molecule is CN(C)C(=O)c1cnn(Cc2csc(COCC(F)F)n2)c1. The number of carbonyl (C=O) groups is 1. The van der Waals surface area contributed by atoms with Crippen molar-refractivity contribution in [1.29, 1.82) is 0 Å². The van der Waals surface area contributed by atoms with E-state index in [4.69, 9.17) is 4.74 Å². The van der Waals surface area contributed by atoms with Crippen molar-refractivity contribution in [3.8, 4) is 0 Å². The summed E-state index contributed by atoms with van der Waals surface area (Å²) in [5, 5.41) is 6.56. The molecule has 0 aliphatic heterocycles. The van der Waals surface area contributed by atoms with Crippen LogP contribution in [0.2, 0.25) is 0 Å². The maximum Gasteiger partial charge on any atom is 0.261 e. The molecule has 0 N–H and O–H groups in total. The van der Waals surface area contributed by atoms with Gasteiger partial charge in [-0.15, -0.1) is 11.3 Å². The maximum absolute atomic E-state index is 12.0. The van der Waals surface area contributed by atoms with E-state index < -0.39 is 13.0 Å². The minimum Gasteiger partial charge on any atom is -0.368 e. The van der Waals surface area contributed by atoms with Gasteiger partial charge in [-0.3, -0.25) is 9.48 Å². The van der Waals surface area contributed by atoms with Gasteiger partial charge in [0.25, 0.3) is 12.3 Å². The lowest BCUT2D eigenvalue weighted by Crippen LogP contribution is -2.21. The van der Waals surface area contributed by atoms with Crippen LogP contribution in [0.4, 0.5) is 8.78 Å². The number of hydrogen-bond acceptors (Lipinski definition) is 5. The van der Waals surface area contributed by atoms with Crippen LogP contribution in [-0.4, -0.2) is 52.7 Å². The van der Waals surface area contributed by atoms with Gasteiger partial charge in [-0.1, -0.05) is 0 Å². The highest BCUT2D eigenvalue weighted by Gasteiger charge is 2.11. The van der Waals surface area contributed by atoms with E-state index in [9.17, 15) is 13.6 Å². The number of thiazole rings is 1. The summed E-state index contributed by atoms with van der Waals surface area (Å²) in [6, 6.07) is 0. The molecule has 0 saturated heterocycles. The van der Waals surface area contributed by atoms with Gasteiger partial charge in [0.1, 0.15) is 11.6 Å². The largest absolute Gasteiger partial charge is 0.368 e. The van der Waals surface area contributed by atoms with Crippen molar-refractivity contribution in [2.24, 2.45) is 0 Å². The van der Waals surface area contributed by atoms with E-state index in [1.807, 2.05) is 5.38 Å². The third-order valence-electron chi connectivity index (χ3n) is 2.68. The number of hydrogen-bond donors (Lipinski definition) is 0. The molecule has 6 nitrogen and oxygen atoms in total. The zero-order valence-corrected chi connectivity index (χ0v) is 13.0. The lowest BCUT2D eigenvalue weighted by molar-refractivity contribution is 0.00980. The third-order valence-corrected chi connectivity index (χ3v) is 3.55. The molecular weight excluding hydrogens is 314 g/mol. The Labute approximate surface area is 130 Å². The van der Waals surface area contributed by atoms with E-state index in [0.717, 1.165) is 5.69 Å². The zero-order chi connectivity index (χ0) is 16.1. The minimum atomic E-state index is -2.48. The first-order chi connectivity index (χ1) is 10.5. The highest BCUT2D eigenvalue weighted by Crippen LogP contribution is 2.13. The highest BCUT2D eigenvalue weighted by atomic mass is 32.1. The fourth-order valence-corrected chi connectivity index (χ4v) is 2.43. The van der Waals surface area contributed by atoms with Gasteiger partial charge in [-0.25, -0.2) is 13.8 Å². The average molecular weight is 330 g/mol. The molecule has 0 fully saturated rings. The second-order valence-corrected chi connectivity index (χ2v) is 5.71. The first-order valence-electron chi connectivity index (χ1n) is 6.49. The molecule has 0 atom stereocenters. The monoisotopic (exact) mass is 330 g/mol. The summed E-state index contributed by atoms with van der Waals surface area (Å²) in [6.07, 6.45) is 0.673. The summed E-state index contributed by atoms with van der Waals surface area (Å²) in [5.41, 5.74) is 1.24. The highest BCUT2D eigenvalue weighted by molar-refractivity contribution is 7.09. The quantitative estimate of drug-likeness (QED) is 0.778. The van der Waals surface area contributed by atoms with Crippen molar-refractivity contribution in [2.75, 3.05) is 20.7 Å². The Hall–Kier alpha value is -1.87. The molecule has 0 unspecified atom stereocenters. The van der Waals surface area contributed by atoms with Gasteiger partial charge in [-0.05, 0) is 0 Å². The van der Waals surface area contributed by atoms with Gasteiger partial charge >= 0.3 is 0 Å². The van der Waals surface area contributed by atoms with Crippen LogP contribution in [0.1, 0.15) is 21.1 Å². The van der Waals surface area contributed by atoms with Crippen molar-refractivity contribution in [3.63, 3.8) is 0 Å². The lowest BCUT2D eigenvalue weighted by atomic mass is 10.3. The van der Waals surface area contributed by atoms with Crippen LogP contribution in [0.3, 0.4) is 0 Å². The predicted octanol–water partition coefficient (Wildman–Crippen LogP) is 1.87. The molecule has 1 amide bonds. The number of ether oxygens (including phenoxy) is 1. The van der Waals surface area contributed by atoms with Crippen LogP contribution >= 0.6 is 11.3 Å². The Morgan fingerprint density at radius 3 is 2.95 bits per heavy atom. The van der Waals surface area contributed by atoms with Gasteiger partial charge in [0, 0.05) is 25.7 Å². The van der Waals surface area contributed by atoms with Gasteiger partial charge in [-0.2, -0.15) is 5.10 Å². The number of nitrogens with zero attached hydrogens (tertiary/aromatic N) is 4. The number of aromatic nitrogens is 3. The molecule has 2 rings (SSSR count). The van der Waals surface area contributed by atoms with Crippen molar-refractivity contribution in [2.45, 2.75) is 19.6 Å². The molecule has 2 heterocycles. The molecule has 9 heteroatoms. The summed E-state index contributed by atoms with van der Waals surface area (Å²) in [6.45, 7) is -0.116. The average Bonchev–Trinajstić information content (AvgIpc) is 3.07. The number of rotatable bonds is 7. The summed E-state index contributed by atoms with van der Waals surface area (Å²) in [4.78, 5) is 17.5. The molecule has 0 saturated carbocycles. The van der Waals surface area contributed by atoms with Crippen molar-refractivity contribution >= 4 is 17.2 Å². The van der Waals surface area contributed by atoms with Crippen molar-refractivity contribution < 1.29 is 18.3 Å². The standard InChI is InChI=1S/C13H16F2N4O2S/c1-18(2)13(20)9-3-16-19(4-9)5-10-8-22-12(17-10)7-21-6-11(14)15/h3-4,8,11H,5-7H2,1-2H3. The molecule has 2 aromatic rings. The number of carbonyl (C=O) groups excluding carboxylic acids is 1. The molecule has 0 bridgehead atoms. The van der Waals surface area contributed by atoms with E-state index in [0.29, 0.717) is 17.1 Å². The summed E-state index contributed by atoms with van der Waals surface area (Å²) < 4.78 is 30.4. The van der Waals surface area contributed by atoms with E-state index in [2.05, 4.69) is 10.1 Å². The molecule has 0 aliphatic carbocycles. The number of alkyl halides is 2. The van der Waals surface area contributed by atoms with Crippen LogP contribution in [0.25, 0.3) is 0 Å². The van der Waals surface area contributed by atoms with Gasteiger partial charge in [0.05, 0.1) is 30.6 Å². The van der Waals surface area contributed by atoms with E-state index in [1.165, 1.54) is 22.4 Å². The number of amides is 1. The molecule has 0 aromatic carbocycles. The Balaban J connectivity index is 1.91. The van der Waals surface area contributed by atoms with Crippen molar-refractivity contribution in [3.05, 3.63) is 34.0 Å². The van der Waals surface area contributed by atoms with E-state index >= 15 is 0 Å². The Morgan fingerprint density at radius 1 is 1.50 bits per heavy atom. The topological polar surface area (TPSA) is 60.2 Å². The smallest absolute Gasteiger partial charge is 0.261 e. The Bertz CT molecular complexity index is 627. The Morgan fingerprint density at radius 2 is 2.27 bits per heavy atom. The molecule has 0 aliphatic rings. The van der Waals surface area contributed by atoms with Gasteiger partial charge in [0.2, 0.25) is 0 Å². The molecule has 120 valence electrons. The second kappa shape index (κ2) is 7.41.